The fraction of sp³-hybridized carbons (Fsp3) is 0.417. The van der Waals surface area contributed by atoms with Crippen LogP contribution in [-0.4, -0.2) is 31.2 Å². The Morgan fingerprint density at radius 3 is 3.24 bits per heavy atom. The molecule has 1 saturated heterocycles. The molecule has 1 aromatic carbocycles. The van der Waals surface area contributed by atoms with Crippen molar-refractivity contribution in [3.8, 4) is 5.75 Å². The second-order valence-electron chi connectivity index (χ2n) is 4.19. The molecular formula is C12H15N3O2. The molecule has 0 saturated carbocycles. The van der Waals surface area contributed by atoms with Crippen molar-refractivity contribution in [1.29, 1.82) is 0 Å². The van der Waals surface area contributed by atoms with E-state index in [1.807, 2.05) is 18.2 Å². The van der Waals surface area contributed by atoms with E-state index in [2.05, 4.69) is 15.6 Å². The summed E-state index contributed by atoms with van der Waals surface area (Å²) in [5.41, 5.74) is 1.59. The van der Waals surface area contributed by atoms with Crippen LogP contribution < -0.4 is 15.4 Å². The van der Waals surface area contributed by atoms with Gasteiger partial charge in [-0.3, -0.25) is 0 Å². The van der Waals surface area contributed by atoms with Gasteiger partial charge < -0.3 is 19.8 Å². The van der Waals surface area contributed by atoms with Gasteiger partial charge in [-0.15, -0.1) is 0 Å². The highest BCUT2D eigenvalue weighted by Crippen LogP contribution is 2.24. The number of benzene rings is 1. The predicted octanol–water partition coefficient (Wildman–Crippen LogP) is 1.61. The van der Waals surface area contributed by atoms with Crippen LogP contribution in [0.1, 0.15) is 6.42 Å². The van der Waals surface area contributed by atoms with Crippen LogP contribution in [0.15, 0.2) is 22.6 Å². The molecule has 3 rings (SSSR count). The van der Waals surface area contributed by atoms with Crippen LogP contribution >= 0.6 is 0 Å². The Labute approximate surface area is 99.2 Å². The van der Waals surface area contributed by atoms with Crippen molar-refractivity contribution in [3.05, 3.63) is 18.2 Å². The Kier molecular flexibility index (Phi) is 2.60. The van der Waals surface area contributed by atoms with Gasteiger partial charge in [0.25, 0.3) is 6.01 Å². The zero-order valence-corrected chi connectivity index (χ0v) is 9.69. The summed E-state index contributed by atoms with van der Waals surface area (Å²) in [6.45, 7) is 2.01. The molecule has 0 bridgehead atoms. The first-order valence-corrected chi connectivity index (χ1v) is 5.77. The lowest BCUT2D eigenvalue weighted by molar-refractivity contribution is 0.415. The quantitative estimate of drug-likeness (QED) is 0.843. The molecule has 1 aromatic heterocycles. The molecule has 2 heterocycles. The maximum atomic E-state index is 5.62. The van der Waals surface area contributed by atoms with E-state index < -0.39 is 0 Å². The standard InChI is InChI=1S/C12H15N3O2/c1-16-9-2-3-11-10(6-9)15-12(17-11)14-8-4-5-13-7-8/h2-3,6,8,13H,4-5,7H2,1H3,(H,14,15). The summed E-state index contributed by atoms with van der Waals surface area (Å²) in [5.74, 6) is 0.792. The van der Waals surface area contributed by atoms with Gasteiger partial charge in [0.2, 0.25) is 0 Å². The van der Waals surface area contributed by atoms with E-state index in [1.54, 1.807) is 7.11 Å². The zero-order valence-electron chi connectivity index (χ0n) is 9.69. The normalized spacial score (nSPS) is 19.7. The van der Waals surface area contributed by atoms with Crippen molar-refractivity contribution < 1.29 is 9.15 Å². The maximum Gasteiger partial charge on any atom is 0.295 e. The molecule has 17 heavy (non-hydrogen) atoms. The van der Waals surface area contributed by atoms with Gasteiger partial charge >= 0.3 is 0 Å². The third-order valence-electron chi connectivity index (χ3n) is 2.98. The molecule has 0 spiro atoms. The average Bonchev–Trinajstić information content (AvgIpc) is 2.96. The Balaban J connectivity index is 1.85. The Morgan fingerprint density at radius 2 is 2.47 bits per heavy atom. The molecule has 90 valence electrons. The zero-order chi connectivity index (χ0) is 11.7. The number of nitrogens with one attached hydrogen (secondary N) is 2. The molecule has 1 unspecified atom stereocenters. The van der Waals surface area contributed by atoms with E-state index in [-0.39, 0.29) is 0 Å². The van der Waals surface area contributed by atoms with Gasteiger partial charge in [0, 0.05) is 18.7 Å². The lowest BCUT2D eigenvalue weighted by Crippen LogP contribution is -2.22. The summed E-state index contributed by atoms with van der Waals surface area (Å²) in [6.07, 6.45) is 1.10. The molecule has 1 aliphatic rings. The Hall–Kier alpha value is -1.75. The second kappa shape index (κ2) is 4.25. The van der Waals surface area contributed by atoms with E-state index >= 15 is 0 Å². The minimum atomic E-state index is 0.407. The number of oxazole rings is 1. The number of aromatic nitrogens is 1. The van der Waals surface area contributed by atoms with Crippen LogP contribution in [0, 0.1) is 0 Å². The minimum absolute atomic E-state index is 0.407. The van der Waals surface area contributed by atoms with Crippen LogP contribution in [0.25, 0.3) is 11.1 Å². The average molecular weight is 233 g/mol. The van der Waals surface area contributed by atoms with Crippen LogP contribution in [0.4, 0.5) is 6.01 Å². The summed E-state index contributed by atoms with van der Waals surface area (Å²) in [7, 11) is 1.64. The van der Waals surface area contributed by atoms with Crippen LogP contribution in [0.3, 0.4) is 0 Å². The molecular weight excluding hydrogens is 218 g/mol. The molecule has 0 amide bonds. The first-order chi connectivity index (χ1) is 8.35. The molecule has 2 N–H and O–H groups in total. The predicted molar refractivity (Wildman–Crippen MR) is 65.5 cm³/mol. The SMILES string of the molecule is COc1ccc2oc(NC3CCNC3)nc2c1. The summed E-state index contributed by atoms with van der Waals surface area (Å²) in [4.78, 5) is 4.40. The van der Waals surface area contributed by atoms with Crippen molar-refractivity contribution in [2.45, 2.75) is 12.5 Å². The van der Waals surface area contributed by atoms with Gasteiger partial charge in [0.15, 0.2) is 5.58 Å². The van der Waals surface area contributed by atoms with Gasteiger partial charge in [0.1, 0.15) is 11.3 Å². The van der Waals surface area contributed by atoms with Crippen molar-refractivity contribution >= 4 is 17.1 Å². The Bertz CT molecular complexity index is 517. The fourth-order valence-corrected chi connectivity index (χ4v) is 2.05. The van der Waals surface area contributed by atoms with Crippen molar-refractivity contribution in [3.63, 3.8) is 0 Å². The number of nitrogens with zero attached hydrogens (tertiary/aromatic N) is 1. The first-order valence-electron chi connectivity index (χ1n) is 5.77. The molecule has 0 radical (unpaired) electrons. The number of hydrogen-bond acceptors (Lipinski definition) is 5. The van der Waals surface area contributed by atoms with Crippen LogP contribution in [-0.2, 0) is 0 Å². The summed E-state index contributed by atoms with van der Waals surface area (Å²) < 4.78 is 10.8. The van der Waals surface area contributed by atoms with Gasteiger partial charge in [-0.05, 0) is 25.1 Å². The van der Waals surface area contributed by atoms with Gasteiger partial charge in [-0.2, -0.15) is 4.98 Å². The maximum absolute atomic E-state index is 5.62. The molecule has 2 aromatic rings. The van der Waals surface area contributed by atoms with E-state index in [1.165, 1.54) is 0 Å². The largest absolute Gasteiger partial charge is 0.497 e. The highest BCUT2D eigenvalue weighted by atomic mass is 16.5. The third kappa shape index (κ3) is 2.06. The second-order valence-corrected chi connectivity index (χ2v) is 4.19. The van der Waals surface area contributed by atoms with E-state index in [9.17, 15) is 0 Å². The molecule has 5 nitrogen and oxygen atoms in total. The summed E-state index contributed by atoms with van der Waals surface area (Å²) in [6, 6.07) is 6.61. The monoisotopic (exact) mass is 233 g/mol. The number of methoxy groups -OCH3 is 1. The first kappa shape index (κ1) is 10.4. The molecule has 1 fully saturated rings. The fourth-order valence-electron chi connectivity index (χ4n) is 2.05. The summed E-state index contributed by atoms with van der Waals surface area (Å²) >= 11 is 0. The minimum Gasteiger partial charge on any atom is -0.497 e. The van der Waals surface area contributed by atoms with Crippen molar-refractivity contribution in [2.75, 3.05) is 25.5 Å². The Morgan fingerprint density at radius 1 is 1.53 bits per heavy atom. The number of fused-ring (bicyclic) bond motifs is 1. The van der Waals surface area contributed by atoms with E-state index in [4.69, 9.17) is 9.15 Å². The number of anilines is 1. The van der Waals surface area contributed by atoms with Crippen LogP contribution in [0.5, 0.6) is 5.75 Å². The highest BCUT2D eigenvalue weighted by molar-refractivity contribution is 5.76. The topological polar surface area (TPSA) is 59.3 Å². The molecule has 1 atom stereocenters. The molecule has 5 heteroatoms. The van der Waals surface area contributed by atoms with Gasteiger partial charge in [0.05, 0.1) is 7.11 Å². The summed E-state index contributed by atoms with van der Waals surface area (Å²) in [5, 5.41) is 6.58. The van der Waals surface area contributed by atoms with Crippen molar-refractivity contribution in [1.82, 2.24) is 10.3 Å². The molecule has 0 aliphatic carbocycles. The third-order valence-corrected chi connectivity index (χ3v) is 2.98. The lowest BCUT2D eigenvalue weighted by atomic mass is 10.3. The van der Waals surface area contributed by atoms with E-state index in [0.717, 1.165) is 36.4 Å². The van der Waals surface area contributed by atoms with Gasteiger partial charge in [-0.25, -0.2) is 0 Å². The van der Waals surface area contributed by atoms with Crippen LogP contribution in [0.2, 0.25) is 0 Å². The number of rotatable bonds is 3. The van der Waals surface area contributed by atoms with Gasteiger partial charge in [-0.1, -0.05) is 0 Å². The van der Waals surface area contributed by atoms with E-state index in [0.29, 0.717) is 12.1 Å². The number of hydrogen-bond donors (Lipinski definition) is 2. The molecule has 1 aliphatic heterocycles. The number of ether oxygens (including phenoxy) is 1. The lowest BCUT2D eigenvalue weighted by Gasteiger charge is -2.07. The smallest absolute Gasteiger partial charge is 0.295 e. The highest BCUT2D eigenvalue weighted by Gasteiger charge is 2.16. The van der Waals surface area contributed by atoms with Crippen molar-refractivity contribution in [2.24, 2.45) is 0 Å².